The number of aromatic nitrogens is 1. The summed E-state index contributed by atoms with van der Waals surface area (Å²) < 4.78 is 76.5. The van der Waals surface area contributed by atoms with Crippen molar-refractivity contribution in [2.45, 2.75) is 43.6 Å². The lowest BCUT2D eigenvalue weighted by Gasteiger charge is -2.37. The van der Waals surface area contributed by atoms with Gasteiger partial charge in [0.05, 0.1) is 17.1 Å². The second-order valence-electron chi connectivity index (χ2n) is 5.27. The maximum absolute atomic E-state index is 12.9. The largest absolute Gasteiger partial charge is 0.416 e. The molecule has 8 heteroatoms. The van der Waals surface area contributed by atoms with Crippen molar-refractivity contribution in [2.75, 3.05) is 0 Å². The van der Waals surface area contributed by atoms with Crippen LogP contribution < -0.4 is 0 Å². The van der Waals surface area contributed by atoms with Crippen LogP contribution in [0.3, 0.4) is 0 Å². The fourth-order valence-electron chi connectivity index (χ4n) is 2.70. The summed E-state index contributed by atoms with van der Waals surface area (Å²) in [5.74, 6) is -1.58. The van der Waals surface area contributed by atoms with Gasteiger partial charge in [-0.1, -0.05) is 0 Å². The Morgan fingerprint density at radius 2 is 1.67 bits per heavy atom. The van der Waals surface area contributed by atoms with Gasteiger partial charge in [-0.05, 0) is 31.7 Å². The summed E-state index contributed by atoms with van der Waals surface area (Å²) in [4.78, 5) is 3.56. The lowest BCUT2D eigenvalue weighted by Crippen LogP contribution is -2.37. The highest BCUT2D eigenvalue weighted by Gasteiger charge is 2.48. The van der Waals surface area contributed by atoms with E-state index in [0.29, 0.717) is 0 Å². The summed E-state index contributed by atoms with van der Waals surface area (Å²) >= 11 is 0. The van der Waals surface area contributed by atoms with E-state index in [9.17, 15) is 31.4 Å². The maximum atomic E-state index is 12.9. The van der Waals surface area contributed by atoms with Crippen molar-refractivity contribution in [3.8, 4) is 0 Å². The Labute approximate surface area is 116 Å². The third kappa shape index (κ3) is 3.30. The van der Waals surface area contributed by atoms with E-state index >= 15 is 0 Å². The lowest BCUT2D eigenvalue weighted by atomic mass is 9.74. The van der Waals surface area contributed by atoms with Gasteiger partial charge < -0.3 is 5.11 Å². The number of halogens is 6. The summed E-state index contributed by atoms with van der Waals surface area (Å²) in [6.07, 6.45) is -8.78. The van der Waals surface area contributed by atoms with E-state index in [0.717, 1.165) is 18.5 Å². The molecule has 0 unspecified atom stereocenters. The number of pyridine rings is 1. The Kier molecular flexibility index (Phi) is 3.94. The minimum atomic E-state index is -4.69. The standard InChI is InChI=1S/C13H13F6NO/c14-12(15,16)8-1-4-11(21,5-2-8)10-7-20-6-3-9(10)13(17,18)19/h3,6-8,21H,1-2,4-5H2. The SMILES string of the molecule is OC1(c2cnccc2C(F)(F)F)CCC(C(F)(F)F)CC1. The van der Waals surface area contributed by atoms with E-state index < -0.39 is 47.8 Å². The van der Waals surface area contributed by atoms with Crippen LogP contribution in [0.1, 0.15) is 36.8 Å². The van der Waals surface area contributed by atoms with E-state index in [4.69, 9.17) is 0 Å². The Hall–Kier alpha value is -1.31. The molecule has 2 nitrogen and oxygen atoms in total. The quantitative estimate of drug-likeness (QED) is 0.794. The normalized spacial score (nSPS) is 27.7. The number of alkyl halides is 6. The average molecular weight is 313 g/mol. The van der Waals surface area contributed by atoms with Crippen LogP contribution in [0.15, 0.2) is 18.5 Å². The van der Waals surface area contributed by atoms with Crippen molar-refractivity contribution in [3.63, 3.8) is 0 Å². The molecule has 1 aliphatic rings. The monoisotopic (exact) mass is 313 g/mol. The van der Waals surface area contributed by atoms with Gasteiger partial charge in [0.1, 0.15) is 0 Å². The Bertz CT molecular complexity index is 502. The maximum Gasteiger partial charge on any atom is 0.416 e. The average Bonchev–Trinajstić information content (AvgIpc) is 2.37. The third-order valence-corrected chi connectivity index (χ3v) is 3.90. The molecule has 21 heavy (non-hydrogen) atoms. The molecule has 0 saturated heterocycles. The molecular weight excluding hydrogens is 300 g/mol. The molecule has 1 aromatic rings. The molecule has 0 radical (unpaired) electrons. The number of aliphatic hydroxyl groups is 1. The summed E-state index contributed by atoms with van der Waals surface area (Å²) in [5.41, 5.74) is -3.41. The van der Waals surface area contributed by atoms with Gasteiger partial charge >= 0.3 is 12.4 Å². The van der Waals surface area contributed by atoms with Gasteiger partial charge in [-0.3, -0.25) is 4.98 Å². The van der Waals surface area contributed by atoms with Crippen LogP contribution in [0, 0.1) is 5.92 Å². The predicted octanol–water partition coefficient (Wildman–Crippen LogP) is 4.04. The number of hydrogen-bond donors (Lipinski definition) is 1. The Balaban J connectivity index is 2.28. The van der Waals surface area contributed by atoms with Crippen LogP contribution >= 0.6 is 0 Å². The molecule has 1 heterocycles. The second kappa shape index (κ2) is 5.15. The lowest BCUT2D eigenvalue weighted by molar-refractivity contribution is -0.194. The first-order valence-corrected chi connectivity index (χ1v) is 6.35. The van der Waals surface area contributed by atoms with Gasteiger partial charge in [-0.25, -0.2) is 0 Å². The van der Waals surface area contributed by atoms with Crippen molar-refractivity contribution in [3.05, 3.63) is 29.6 Å². The summed E-state index contributed by atoms with van der Waals surface area (Å²) in [7, 11) is 0. The van der Waals surface area contributed by atoms with Gasteiger partial charge in [0.15, 0.2) is 0 Å². The smallest absolute Gasteiger partial charge is 0.385 e. The van der Waals surface area contributed by atoms with Gasteiger partial charge in [-0.15, -0.1) is 0 Å². The zero-order valence-electron chi connectivity index (χ0n) is 10.8. The zero-order valence-corrected chi connectivity index (χ0v) is 10.8. The molecule has 0 bridgehead atoms. The van der Waals surface area contributed by atoms with Crippen molar-refractivity contribution in [1.82, 2.24) is 4.98 Å². The van der Waals surface area contributed by atoms with Crippen molar-refractivity contribution < 1.29 is 31.4 Å². The molecule has 0 atom stereocenters. The highest BCUT2D eigenvalue weighted by molar-refractivity contribution is 5.32. The fourth-order valence-corrected chi connectivity index (χ4v) is 2.70. The molecule has 2 rings (SSSR count). The minimum Gasteiger partial charge on any atom is -0.385 e. The minimum absolute atomic E-state index is 0.369. The summed E-state index contributed by atoms with van der Waals surface area (Å²) in [6.45, 7) is 0. The van der Waals surface area contributed by atoms with Crippen molar-refractivity contribution >= 4 is 0 Å². The number of hydrogen-bond acceptors (Lipinski definition) is 2. The Morgan fingerprint density at radius 1 is 1.10 bits per heavy atom. The van der Waals surface area contributed by atoms with Crippen molar-refractivity contribution in [2.24, 2.45) is 5.92 Å². The van der Waals surface area contributed by atoms with Gasteiger partial charge in [0, 0.05) is 18.0 Å². The van der Waals surface area contributed by atoms with Crippen LogP contribution in [0.5, 0.6) is 0 Å². The van der Waals surface area contributed by atoms with E-state index in [1.165, 1.54) is 0 Å². The highest BCUT2D eigenvalue weighted by atomic mass is 19.4. The predicted molar refractivity (Wildman–Crippen MR) is 61.1 cm³/mol. The molecule has 0 aliphatic heterocycles. The fraction of sp³-hybridized carbons (Fsp3) is 0.615. The number of rotatable bonds is 1. The second-order valence-corrected chi connectivity index (χ2v) is 5.27. The Morgan fingerprint density at radius 3 is 2.14 bits per heavy atom. The first kappa shape index (κ1) is 16.1. The molecule has 1 N–H and O–H groups in total. The molecule has 1 fully saturated rings. The van der Waals surface area contributed by atoms with E-state index in [-0.39, 0.29) is 12.8 Å². The molecule has 1 saturated carbocycles. The van der Waals surface area contributed by atoms with Crippen LogP contribution in [-0.2, 0) is 11.8 Å². The molecular formula is C13H13F6NO. The van der Waals surface area contributed by atoms with Crippen molar-refractivity contribution in [1.29, 1.82) is 0 Å². The third-order valence-electron chi connectivity index (χ3n) is 3.90. The molecule has 118 valence electrons. The van der Waals surface area contributed by atoms with E-state index in [1.807, 2.05) is 0 Å². The zero-order chi connectivity index (χ0) is 15.9. The molecule has 0 amide bonds. The first-order valence-electron chi connectivity index (χ1n) is 6.35. The van der Waals surface area contributed by atoms with E-state index in [1.54, 1.807) is 0 Å². The van der Waals surface area contributed by atoms with Gasteiger partial charge in [-0.2, -0.15) is 26.3 Å². The van der Waals surface area contributed by atoms with Gasteiger partial charge in [0.2, 0.25) is 0 Å². The molecule has 0 spiro atoms. The van der Waals surface area contributed by atoms with Crippen LogP contribution in [-0.4, -0.2) is 16.3 Å². The molecule has 1 aromatic heterocycles. The van der Waals surface area contributed by atoms with Crippen LogP contribution in [0.4, 0.5) is 26.3 Å². The summed E-state index contributed by atoms with van der Waals surface area (Å²) in [5, 5.41) is 10.4. The van der Waals surface area contributed by atoms with E-state index in [2.05, 4.69) is 4.98 Å². The molecule has 0 aromatic carbocycles. The van der Waals surface area contributed by atoms with Gasteiger partial charge in [0.25, 0.3) is 0 Å². The van der Waals surface area contributed by atoms with Crippen LogP contribution in [0.2, 0.25) is 0 Å². The van der Waals surface area contributed by atoms with Crippen LogP contribution in [0.25, 0.3) is 0 Å². The number of nitrogens with zero attached hydrogens (tertiary/aromatic N) is 1. The topological polar surface area (TPSA) is 33.1 Å². The highest BCUT2D eigenvalue weighted by Crippen LogP contribution is 2.47. The summed E-state index contributed by atoms with van der Waals surface area (Å²) in [6, 6.07) is 0.725. The first-order chi connectivity index (χ1) is 9.54. The molecule has 1 aliphatic carbocycles.